The minimum absolute atomic E-state index is 0.230. The molecule has 3 rings (SSSR count). The zero-order valence-corrected chi connectivity index (χ0v) is 10.00. The summed E-state index contributed by atoms with van der Waals surface area (Å²) in [6, 6.07) is 3.58. The molecule has 0 radical (unpaired) electrons. The van der Waals surface area contributed by atoms with Crippen LogP contribution >= 0.6 is 0 Å². The Morgan fingerprint density at radius 3 is 3.00 bits per heavy atom. The predicted molar refractivity (Wildman–Crippen MR) is 65.7 cm³/mol. The molecule has 3 heterocycles. The van der Waals surface area contributed by atoms with Gasteiger partial charge in [0.1, 0.15) is 11.3 Å². The Balaban J connectivity index is 1.98. The molecular formula is C13H11N3O3. The number of nitrogens with zero attached hydrogens (tertiary/aromatic N) is 2. The summed E-state index contributed by atoms with van der Waals surface area (Å²) in [7, 11) is 0. The summed E-state index contributed by atoms with van der Waals surface area (Å²) in [4.78, 5) is 37.7. The highest BCUT2D eigenvalue weighted by Crippen LogP contribution is 2.25. The average molecular weight is 257 g/mol. The van der Waals surface area contributed by atoms with Gasteiger partial charge >= 0.3 is 0 Å². The number of imidazole rings is 1. The van der Waals surface area contributed by atoms with Crippen molar-refractivity contribution in [3.8, 4) is 0 Å². The fourth-order valence-corrected chi connectivity index (χ4v) is 2.30. The number of amides is 2. The van der Waals surface area contributed by atoms with Gasteiger partial charge in [0.05, 0.1) is 5.92 Å². The number of rotatable bonds is 2. The van der Waals surface area contributed by atoms with Crippen molar-refractivity contribution in [2.45, 2.75) is 18.8 Å². The van der Waals surface area contributed by atoms with Gasteiger partial charge in [-0.15, -0.1) is 0 Å². The fourth-order valence-electron chi connectivity index (χ4n) is 2.30. The second-order valence-electron chi connectivity index (χ2n) is 4.51. The standard InChI is InChI=1S/C13H11N3O3/c17-7-9-6-16-4-3-8(5-11(16)14-9)10-1-2-12(18)15-13(10)19/h3-7,10H,1-2H2,(H,15,18,19). The number of fused-ring (bicyclic) bond motifs is 1. The topological polar surface area (TPSA) is 80.5 Å². The molecule has 1 aliphatic heterocycles. The summed E-state index contributed by atoms with van der Waals surface area (Å²) in [5.41, 5.74) is 1.77. The molecular weight excluding hydrogens is 246 g/mol. The van der Waals surface area contributed by atoms with Gasteiger partial charge in [0.25, 0.3) is 0 Å². The second-order valence-corrected chi connectivity index (χ2v) is 4.51. The second kappa shape index (κ2) is 4.31. The lowest BCUT2D eigenvalue weighted by atomic mass is 9.91. The summed E-state index contributed by atoms with van der Waals surface area (Å²) < 4.78 is 1.72. The third kappa shape index (κ3) is 2.01. The molecule has 1 N–H and O–H groups in total. The van der Waals surface area contributed by atoms with Gasteiger partial charge in [0.2, 0.25) is 11.8 Å². The number of aldehydes is 1. The maximum Gasteiger partial charge on any atom is 0.234 e. The lowest BCUT2D eigenvalue weighted by Crippen LogP contribution is -2.39. The first kappa shape index (κ1) is 11.6. The average Bonchev–Trinajstić information content (AvgIpc) is 2.80. The highest BCUT2D eigenvalue weighted by atomic mass is 16.2. The van der Waals surface area contributed by atoms with Crippen LogP contribution in [0.1, 0.15) is 34.8 Å². The van der Waals surface area contributed by atoms with Crippen molar-refractivity contribution in [2.75, 3.05) is 0 Å². The van der Waals surface area contributed by atoms with E-state index in [-0.39, 0.29) is 17.7 Å². The molecule has 0 aliphatic carbocycles. The first-order chi connectivity index (χ1) is 9.17. The van der Waals surface area contributed by atoms with Gasteiger partial charge in [0.15, 0.2) is 6.29 Å². The van der Waals surface area contributed by atoms with E-state index < -0.39 is 0 Å². The van der Waals surface area contributed by atoms with E-state index >= 15 is 0 Å². The van der Waals surface area contributed by atoms with Crippen LogP contribution < -0.4 is 5.32 Å². The zero-order valence-electron chi connectivity index (χ0n) is 10.00. The molecule has 0 spiro atoms. The Kier molecular flexibility index (Phi) is 2.63. The normalized spacial score (nSPS) is 19.5. The lowest BCUT2D eigenvalue weighted by molar-refractivity contribution is -0.134. The molecule has 1 unspecified atom stereocenters. The molecule has 6 nitrogen and oxygen atoms in total. The first-order valence-corrected chi connectivity index (χ1v) is 5.95. The van der Waals surface area contributed by atoms with Gasteiger partial charge in [-0.3, -0.25) is 19.7 Å². The predicted octanol–water partition coefficient (Wildman–Crippen LogP) is 0.667. The third-order valence-electron chi connectivity index (χ3n) is 3.27. The SMILES string of the molecule is O=Cc1cn2ccc(C3CCC(=O)NC3=O)cc2n1. The van der Waals surface area contributed by atoms with E-state index in [0.29, 0.717) is 30.5 Å². The zero-order chi connectivity index (χ0) is 13.4. The van der Waals surface area contributed by atoms with Crippen LogP contribution in [-0.4, -0.2) is 27.5 Å². The van der Waals surface area contributed by atoms with Crippen molar-refractivity contribution in [1.29, 1.82) is 0 Å². The smallest absolute Gasteiger partial charge is 0.234 e. The molecule has 0 bridgehead atoms. The summed E-state index contributed by atoms with van der Waals surface area (Å²) >= 11 is 0. The molecule has 2 amide bonds. The Labute approximate surface area is 108 Å². The number of carbonyl (C=O) groups excluding carboxylic acids is 3. The molecule has 1 atom stereocenters. The van der Waals surface area contributed by atoms with Gasteiger partial charge in [-0.2, -0.15) is 0 Å². The lowest BCUT2D eigenvalue weighted by Gasteiger charge is -2.20. The molecule has 1 saturated heterocycles. The van der Waals surface area contributed by atoms with E-state index in [1.807, 2.05) is 6.07 Å². The van der Waals surface area contributed by atoms with Gasteiger partial charge in [-0.05, 0) is 24.1 Å². The summed E-state index contributed by atoms with van der Waals surface area (Å²) in [5, 5.41) is 2.33. The van der Waals surface area contributed by atoms with Gasteiger partial charge < -0.3 is 4.40 Å². The number of piperidine rings is 1. The molecule has 1 aliphatic rings. The van der Waals surface area contributed by atoms with Gasteiger partial charge in [0, 0.05) is 18.8 Å². The van der Waals surface area contributed by atoms with E-state index in [1.54, 1.807) is 22.9 Å². The van der Waals surface area contributed by atoms with Crippen molar-refractivity contribution >= 4 is 23.7 Å². The fraction of sp³-hybridized carbons (Fsp3) is 0.231. The molecule has 2 aromatic rings. The number of imide groups is 1. The number of aromatic nitrogens is 2. The Bertz CT molecular complexity index is 689. The third-order valence-corrected chi connectivity index (χ3v) is 3.27. The Morgan fingerprint density at radius 2 is 2.26 bits per heavy atom. The van der Waals surface area contributed by atoms with Crippen LogP contribution in [0.25, 0.3) is 5.65 Å². The van der Waals surface area contributed by atoms with Crippen LogP contribution in [-0.2, 0) is 9.59 Å². The minimum Gasteiger partial charge on any atom is -0.306 e. The largest absolute Gasteiger partial charge is 0.306 e. The van der Waals surface area contributed by atoms with Crippen molar-refractivity contribution in [3.63, 3.8) is 0 Å². The first-order valence-electron chi connectivity index (χ1n) is 5.95. The molecule has 1 fully saturated rings. The van der Waals surface area contributed by atoms with Crippen LogP contribution in [0.3, 0.4) is 0 Å². The monoisotopic (exact) mass is 257 g/mol. The molecule has 96 valence electrons. The maximum absolute atomic E-state index is 11.8. The molecule has 2 aromatic heterocycles. The van der Waals surface area contributed by atoms with Crippen LogP contribution in [0, 0.1) is 0 Å². The Hall–Kier alpha value is -2.50. The highest BCUT2D eigenvalue weighted by Gasteiger charge is 2.28. The number of pyridine rings is 1. The van der Waals surface area contributed by atoms with Gasteiger partial charge in [-0.1, -0.05) is 0 Å². The van der Waals surface area contributed by atoms with Crippen LogP contribution in [0.5, 0.6) is 0 Å². The summed E-state index contributed by atoms with van der Waals surface area (Å²) in [6.07, 6.45) is 4.90. The minimum atomic E-state index is -0.334. The van der Waals surface area contributed by atoms with Crippen LogP contribution in [0.4, 0.5) is 0 Å². The molecule has 0 aromatic carbocycles. The number of hydrogen-bond acceptors (Lipinski definition) is 4. The van der Waals surface area contributed by atoms with E-state index in [4.69, 9.17) is 0 Å². The van der Waals surface area contributed by atoms with E-state index in [1.165, 1.54) is 0 Å². The molecule has 0 saturated carbocycles. The summed E-state index contributed by atoms with van der Waals surface area (Å²) in [6.45, 7) is 0. The number of carbonyl (C=O) groups is 3. The van der Waals surface area contributed by atoms with E-state index in [9.17, 15) is 14.4 Å². The maximum atomic E-state index is 11.8. The van der Waals surface area contributed by atoms with Crippen molar-refractivity contribution in [2.24, 2.45) is 0 Å². The van der Waals surface area contributed by atoms with E-state index in [0.717, 1.165) is 5.56 Å². The van der Waals surface area contributed by atoms with Crippen molar-refractivity contribution < 1.29 is 14.4 Å². The van der Waals surface area contributed by atoms with E-state index in [2.05, 4.69) is 10.3 Å². The Morgan fingerprint density at radius 1 is 1.42 bits per heavy atom. The van der Waals surface area contributed by atoms with Crippen molar-refractivity contribution in [1.82, 2.24) is 14.7 Å². The van der Waals surface area contributed by atoms with Crippen LogP contribution in [0.2, 0.25) is 0 Å². The van der Waals surface area contributed by atoms with Crippen molar-refractivity contribution in [3.05, 3.63) is 35.8 Å². The molecule has 19 heavy (non-hydrogen) atoms. The molecule has 6 heteroatoms. The quantitative estimate of drug-likeness (QED) is 0.633. The van der Waals surface area contributed by atoms with Crippen LogP contribution in [0.15, 0.2) is 24.5 Å². The highest BCUT2D eigenvalue weighted by molar-refractivity contribution is 6.01. The number of nitrogens with one attached hydrogen (secondary N) is 1. The van der Waals surface area contributed by atoms with Gasteiger partial charge in [-0.25, -0.2) is 4.98 Å². The summed E-state index contributed by atoms with van der Waals surface area (Å²) in [5.74, 6) is -0.840. The number of hydrogen-bond donors (Lipinski definition) is 1.